The molecular weight excluding hydrogens is 236 g/mol. The Kier molecular flexibility index (Phi) is 4.36. The Morgan fingerprint density at radius 3 is 2.82 bits per heavy atom. The van der Waals surface area contributed by atoms with E-state index in [1.54, 1.807) is 11.8 Å². The Labute approximate surface area is 107 Å². The van der Waals surface area contributed by atoms with Gasteiger partial charge in [-0.25, -0.2) is 0 Å². The predicted octanol–water partition coefficient (Wildman–Crippen LogP) is 3.07. The van der Waals surface area contributed by atoms with E-state index in [9.17, 15) is 4.79 Å². The van der Waals surface area contributed by atoms with Gasteiger partial charge in [0.05, 0.1) is 18.1 Å². The van der Waals surface area contributed by atoms with E-state index in [-0.39, 0.29) is 17.3 Å². The monoisotopic (exact) mass is 258 g/mol. The Morgan fingerprint density at radius 1 is 1.47 bits per heavy atom. The highest BCUT2D eigenvalue weighted by Crippen LogP contribution is 2.44. The van der Waals surface area contributed by atoms with Gasteiger partial charge in [-0.15, -0.1) is 0 Å². The molecule has 0 aromatic carbocycles. The van der Waals surface area contributed by atoms with Crippen LogP contribution in [0.15, 0.2) is 0 Å². The molecule has 0 aromatic heterocycles. The van der Waals surface area contributed by atoms with Gasteiger partial charge in [-0.05, 0) is 25.7 Å². The van der Waals surface area contributed by atoms with Crippen LogP contribution < -0.4 is 0 Å². The van der Waals surface area contributed by atoms with Crippen LogP contribution in [0.2, 0.25) is 0 Å². The summed E-state index contributed by atoms with van der Waals surface area (Å²) in [6.07, 6.45) is 8.08. The van der Waals surface area contributed by atoms with Gasteiger partial charge < -0.3 is 9.84 Å². The highest BCUT2D eigenvalue weighted by molar-refractivity contribution is 7.99. The first-order valence-corrected chi connectivity index (χ1v) is 7.66. The summed E-state index contributed by atoms with van der Waals surface area (Å²) in [6.45, 7) is 1.99. The summed E-state index contributed by atoms with van der Waals surface area (Å²) in [5.74, 6) is 0.250. The molecule has 1 aliphatic carbocycles. The van der Waals surface area contributed by atoms with Gasteiger partial charge in [-0.2, -0.15) is 11.8 Å². The first-order valence-electron chi connectivity index (χ1n) is 6.61. The van der Waals surface area contributed by atoms with Crippen molar-refractivity contribution in [2.24, 2.45) is 0 Å². The zero-order valence-corrected chi connectivity index (χ0v) is 11.3. The summed E-state index contributed by atoms with van der Waals surface area (Å²) in [6, 6.07) is 0. The summed E-state index contributed by atoms with van der Waals surface area (Å²) >= 11 is 1.74. The molecule has 2 aliphatic rings. The number of carbonyl (C=O) groups is 1. The number of thioether (sulfide) groups is 1. The van der Waals surface area contributed by atoms with Gasteiger partial charge in [0.25, 0.3) is 0 Å². The third-order valence-corrected chi connectivity index (χ3v) is 5.18. The molecule has 1 saturated carbocycles. The van der Waals surface area contributed by atoms with Crippen LogP contribution in [0.25, 0.3) is 0 Å². The molecule has 1 spiro atoms. The molecular formula is C13H22O3S. The van der Waals surface area contributed by atoms with Crippen molar-refractivity contribution in [3.63, 3.8) is 0 Å². The number of hydrogen-bond acceptors (Lipinski definition) is 3. The molecule has 4 heteroatoms. The standard InChI is InChI=1S/C13H22O3S/c1-10(8-12(14)15)17-9-11-4-7-13(16-11)5-2-3-6-13/h10-11H,2-9H2,1H3,(H,14,15). The normalized spacial score (nSPS) is 28.6. The quantitative estimate of drug-likeness (QED) is 0.823. The lowest BCUT2D eigenvalue weighted by molar-refractivity contribution is -0.136. The molecule has 1 saturated heterocycles. The fourth-order valence-electron chi connectivity index (χ4n) is 2.98. The fraction of sp³-hybridized carbons (Fsp3) is 0.923. The van der Waals surface area contributed by atoms with Crippen LogP contribution in [0.1, 0.15) is 51.9 Å². The SMILES string of the molecule is CC(CC(=O)O)SCC1CCC2(CCCC2)O1. The van der Waals surface area contributed by atoms with Crippen LogP contribution in [0.5, 0.6) is 0 Å². The molecule has 0 aromatic rings. The Bertz CT molecular complexity index is 274. The lowest BCUT2D eigenvalue weighted by Crippen LogP contribution is -2.25. The van der Waals surface area contributed by atoms with Gasteiger partial charge in [0.1, 0.15) is 0 Å². The number of ether oxygens (including phenoxy) is 1. The average Bonchev–Trinajstić information content (AvgIpc) is 2.86. The van der Waals surface area contributed by atoms with Crippen LogP contribution in [-0.4, -0.2) is 33.8 Å². The molecule has 1 heterocycles. The van der Waals surface area contributed by atoms with E-state index < -0.39 is 5.97 Å². The molecule has 2 rings (SSSR count). The van der Waals surface area contributed by atoms with Gasteiger partial charge in [-0.3, -0.25) is 4.79 Å². The molecule has 3 nitrogen and oxygen atoms in total. The summed E-state index contributed by atoms with van der Waals surface area (Å²) in [5.41, 5.74) is 0.210. The van der Waals surface area contributed by atoms with Crippen molar-refractivity contribution >= 4 is 17.7 Å². The smallest absolute Gasteiger partial charge is 0.304 e. The van der Waals surface area contributed by atoms with E-state index in [2.05, 4.69) is 0 Å². The molecule has 17 heavy (non-hydrogen) atoms. The van der Waals surface area contributed by atoms with Gasteiger partial charge in [0.15, 0.2) is 0 Å². The molecule has 1 N–H and O–H groups in total. The molecule has 1 aliphatic heterocycles. The lowest BCUT2D eigenvalue weighted by Gasteiger charge is -2.24. The predicted molar refractivity (Wildman–Crippen MR) is 69.5 cm³/mol. The van der Waals surface area contributed by atoms with E-state index >= 15 is 0 Å². The summed E-state index contributed by atoms with van der Waals surface area (Å²) in [4.78, 5) is 10.6. The minimum Gasteiger partial charge on any atom is -0.481 e. The molecule has 98 valence electrons. The van der Waals surface area contributed by atoms with Crippen molar-refractivity contribution < 1.29 is 14.6 Å². The summed E-state index contributed by atoms with van der Waals surface area (Å²) in [5, 5.41) is 8.89. The maximum absolute atomic E-state index is 10.6. The van der Waals surface area contributed by atoms with Crippen molar-refractivity contribution in [3.8, 4) is 0 Å². The van der Waals surface area contributed by atoms with E-state index in [0.717, 1.165) is 12.2 Å². The highest BCUT2D eigenvalue weighted by atomic mass is 32.2. The maximum Gasteiger partial charge on any atom is 0.304 e. The minimum atomic E-state index is -0.704. The van der Waals surface area contributed by atoms with Crippen molar-refractivity contribution in [1.82, 2.24) is 0 Å². The van der Waals surface area contributed by atoms with Crippen LogP contribution in [-0.2, 0) is 9.53 Å². The number of aliphatic carboxylic acids is 1. The molecule has 2 fully saturated rings. The first kappa shape index (κ1) is 13.2. The van der Waals surface area contributed by atoms with E-state index in [4.69, 9.17) is 9.84 Å². The average molecular weight is 258 g/mol. The van der Waals surface area contributed by atoms with Gasteiger partial charge in [0, 0.05) is 11.0 Å². The van der Waals surface area contributed by atoms with Gasteiger partial charge >= 0.3 is 5.97 Å². The number of hydrogen-bond donors (Lipinski definition) is 1. The second kappa shape index (κ2) is 5.61. The van der Waals surface area contributed by atoms with Crippen LogP contribution in [0.3, 0.4) is 0 Å². The second-order valence-electron chi connectivity index (χ2n) is 5.41. The summed E-state index contributed by atoms with van der Waals surface area (Å²) < 4.78 is 6.20. The Hall–Kier alpha value is -0.220. The van der Waals surface area contributed by atoms with Crippen LogP contribution in [0.4, 0.5) is 0 Å². The Balaban J connectivity index is 1.69. The molecule has 0 bridgehead atoms. The maximum atomic E-state index is 10.6. The fourth-order valence-corrected chi connectivity index (χ4v) is 4.01. The zero-order valence-electron chi connectivity index (χ0n) is 10.5. The number of carboxylic acid groups (broad SMARTS) is 1. The largest absolute Gasteiger partial charge is 0.481 e. The van der Waals surface area contributed by atoms with Crippen molar-refractivity contribution in [2.45, 2.75) is 68.8 Å². The van der Waals surface area contributed by atoms with Gasteiger partial charge in [0.2, 0.25) is 0 Å². The van der Waals surface area contributed by atoms with E-state index in [0.29, 0.717) is 6.10 Å². The van der Waals surface area contributed by atoms with Crippen molar-refractivity contribution in [1.29, 1.82) is 0 Å². The molecule has 2 atom stereocenters. The van der Waals surface area contributed by atoms with Crippen LogP contribution in [0, 0.1) is 0 Å². The number of rotatable bonds is 5. The van der Waals surface area contributed by atoms with Gasteiger partial charge in [-0.1, -0.05) is 19.8 Å². The minimum absolute atomic E-state index is 0.191. The molecule has 2 unspecified atom stereocenters. The van der Waals surface area contributed by atoms with Crippen molar-refractivity contribution in [2.75, 3.05) is 5.75 Å². The second-order valence-corrected chi connectivity index (χ2v) is 6.88. The Morgan fingerprint density at radius 2 is 2.18 bits per heavy atom. The molecule has 0 radical (unpaired) electrons. The zero-order chi connectivity index (χ0) is 12.3. The van der Waals surface area contributed by atoms with E-state index in [1.165, 1.54) is 32.1 Å². The van der Waals surface area contributed by atoms with E-state index in [1.807, 2.05) is 6.92 Å². The highest BCUT2D eigenvalue weighted by Gasteiger charge is 2.41. The summed E-state index contributed by atoms with van der Waals surface area (Å²) in [7, 11) is 0. The first-order chi connectivity index (χ1) is 8.10. The lowest BCUT2D eigenvalue weighted by atomic mass is 9.98. The number of carboxylic acids is 1. The van der Waals surface area contributed by atoms with Crippen molar-refractivity contribution in [3.05, 3.63) is 0 Å². The molecule has 0 amide bonds. The third-order valence-electron chi connectivity index (χ3n) is 3.88. The third kappa shape index (κ3) is 3.62. The van der Waals surface area contributed by atoms with Crippen LogP contribution >= 0.6 is 11.8 Å². The topological polar surface area (TPSA) is 46.5 Å².